The molecule has 0 spiro atoms. The number of thioether (sulfide) groups is 1. The number of hydrogen-bond donors (Lipinski definition) is 3. The highest BCUT2D eigenvalue weighted by Gasteiger charge is 2.11. The lowest BCUT2D eigenvalue weighted by Crippen LogP contribution is -2.14. The summed E-state index contributed by atoms with van der Waals surface area (Å²) in [6.45, 7) is 0.0175. The molecule has 11 heteroatoms. The van der Waals surface area contributed by atoms with Crippen molar-refractivity contribution >= 4 is 28.2 Å². The van der Waals surface area contributed by atoms with Crippen LogP contribution in [0.25, 0.3) is 10.6 Å². The first-order valence-electron chi connectivity index (χ1n) is 6.96. The maximum atomic E-state index is 9.28. The van der Waals surface area contributed by atoms with Crippen molar-refractivity contribution in [2.24, 2.45) is 0 Å². The van der Waals surface area contributed by atoms with Crippen molar-refractivity contribution < 1.29 is 14.6 Å². The molecule has 9 nitrogen and oxygen atoms in total. The summed E-state index contributed by atoms with van der Waals surface area (Å²) in [5.41, 5.74) is 0.905. The highest BCUT2D eigenvalue weighted by molar-refractivity contribution is 7.99. The number of aliphatic hydroxyl groups excluding tert-OH is 2. The van der Waals surface area contributed by atoms with Crippen LogP contribution in [0, 0.1) is 0 Å². The zero-order chi connectivity index (χ0) is 16.8. The Balaban J connectivity index is 1.53. The molecule has 0 bridgehead atoms. The average Bonchev–Trinajstić information content (AvgIpc) is 3.28. The smallest absolute Gasteiger partial charge is 0.276 e. The van der Waals surface area contributed by atoms with Crippen LogP contribution >= 0.6 is 23.1 Å². The molecule has 0 aliphatic rings. The van der Waals surface area contributed by atoms with E-state index >= 15 is 0 Å². The van der Waals surface area contributed by atoms with Gasteiger partial charge in [0.25, 0.3) is 5.22 Å². The zero-order valence-corrected chi connectivity index (χ0v) is 14.0. The molecule has 0 radical (unpaired) electrons. The normalized spacial score (nSPS) is 12.2. The number of pyridine rings is 1. The molecule has 1 unspecified atom stereocenters. The summed E-state index contributed by atoms with van der Waals surface area (Å²) in [5, 5.41) is 38.8. The van der Waals surface area contributed by atoms with Crippen LogP contribution in [0.2, 0.25) is 0 Å². The number of aliphatic hydroxyl groups is 2. The van der Waals surface area contributed by atoms with Gasteiger partial charge in [-0.25, -0.2) is 0 Å². The molecular formula is C13H14N6O3S2. The zero-order valence-electron chi connectivity index (χ0n) is 12.4. The summed E-state index contributed by atoms with van der Waals surface area (Å²) < 4.78 is 5.42. The number of nitrogens with one attached hydrogen (secondary N) is 1. The SMILES string of the molecule is OCC(O)CSc1nnc(CNc2nnc(-c3cccnc3)s2)o1. The predicted octanol–water partition coefficient (Wildman–Crippen LogP) is 1.04. The molecule has 24 heavy (non-hydrogen) atoms. The number of aromatic nitrogens is 5. The Labute approximate surface area is 145 Å². The van der Waals surface area contributed by atoms with Crippen LogP contribution < -0.4 is 5.32 Å². The molecule has 0 saturated carbocycles. The fourth-order valence-electron chi connectivity index (χ4n) is 1.64. The van der Waals surface area contributed by atoms with E-state index in [9.17, 15) is 5.11 Å². The van der Waals surface area contributed by atoms with Crippen LogP contribution in [0.15, 0.2) is 34.2 Å². The predicted molar refractivity (Wildman–Crippen MR) is 88.6 cm³/mol. The van der Waals surface area contributed by atoms with E-state index in [1.54, 1.807) is 12.4 Å². The molecule has 3 heterocycles. The molecular weight excluding hydrogens is 352 g/mol. The monoisotopic (exact) mass is 366 g/mol. The molecule has 1 atom stereocenters. The van der Waals surface area contributed by atoms with Gasteiger partial charge in [-0.15, -0.1) is 20.4 Å². The fraction of sp³-hybridized carbons (Fsp3) is 0.308. The van der Waals surface area contributed by atoms with Gasteiger partial charge >= 0.3 is 0 Å². The fourth-order valence-corrected chi connectivity index (χ4v) is 3.06. The van der Waals surface area contributed by atoms with Crippen molar-refractivity contribution in [3.05, 3.63) is 30.4 Å². The van der Waals surface area contributed by atoms with Gasteiger partial charge in [0.1, 0.15) is 0 Å². The Morgan fingerprint density at radius 2 is 2.21 bits per heavy atom. The van der Waals surface area contributed by atoms with Crippen LogP contribution in [0.3, 0.4) is 0 Å². The summed E-state index contributed by atoms with van der Waals surface area (Å²) in [6.07, 6.45) is 2.62. The Hall–Kier alpha value is -2.08. The first-order valence-corrected chi connectivity index (χ1v) is 8.76. The quantitative estimate of drug-likeness (QED) is 0.497. The van der Waals surface area contributed by atoms with Gasteiger partial charge in [0.05, 0.1) is 19.3 Å². The van der Waals surface area contributed by atoms with Gasteiger partial charge in [0, 0.05) is 23.7 Å². The van der Waals surface area contributed by atoms with E-state index in [-0.39, 0.29) is 12.4 Å². The molecule has 0 saturated heterocycles. The van der Waals surface area contributed by atoms with Crippen molar-refractivity contribution in [1.29, 1.82) is 0 Å². The van der Waals surface area contributed by atoms with Crippen molar-refractivity contribution in [2.45, 2.75) is 17.9 Å². The minimum atomic E-state index is -0.809. The van der Waals surface area contributed by atoms with Gasteiger partial charge in [-0.2, -0.15) is 0 Å². The molecule has 3 N–H and O–H groups in total. The highest BCUT2D eigenvalue weighted by Crippen LogP contribution is 2.25. The van der Waals surface area contributed by atoms with E-state index < -0.39 is 6.10 Å². The van der Waals surface area contributed by atoms with E-state index in [0.29, 0.717) is 22.8 Å². The van der Waals surface area contributed by atoms with Gasteiger partial charge in [-0.05, 0) is 12.1 Å². The molecule has 3 aromatic rings. The van der Waals surface area contributed by atoms with Crippen LogP contribution in [-0.2, 0) is 6.54 Å². The largest absolute Gasteiger partial charge is 0.414 e. The first kappa shape index (κ1) is 16.8. The second-order valence-corrected chi connectivity index (χ2v) is 6.57. The molecule has 3 aromatic heterocycles. The summed E-state index contributed by atoms with van der Waals surface area (Å²) in [5.74, 6) is 0.685. The minimum absolute atomic E-state index is 0.288. The lowest BCUT2D eigenvalue weighted by Gasteiger charge is -2.02. The highest BCUT2D eigenvalue weighted by atomic mass is 32.2. The number of rotatable bonds is 8. The van der Waals surface area contributed by atoms with Crippen LogP contribution in [0.4, 0.5) is 5.13 Å². The van der Waals surface area contributed by atoms with Gasteiger partial charge < -0.3 is 19.9 Å². The maximum absolute atomic E-state index is 9.28. The van der Waals surface area contributed by atoms with Gasteiger partial charge in [-0.1, -0.05) is 23.1 Å². The van der Waals surface area contributed by atoms with Crippen LogP contribution in [0.5, 0.6) is 0 Å². The summed E-state index contributed by atoms with van der Waals surface area (Å²) >= 11 is 2.59. The molecule has 0 aromatic carbocycles. The van der Waals surface area contributed by atoms with Gasteiger partial charge in [0.2, 0.25) is 11.0 Å². The lowest BCUT2D eigenvalue weighted by molar-refractivity contribution is 0.113. The number of anilines is 1. The molecule has 3 rings (SSSR count). The minimum Gasteiger partial charge on any atom is -0.414 e. The Morgan fingerprint density at radius 1 is 1.29 bits per heavy atom. The van der Waals surface area contributed by atoms with E-state index in [0.717, 1.165) is 10.6 Å². The summed E-state index contributed by atoms with van der Waals surface area (Å²) in [4.78, 5) is 4.05. The molecule has 0 aliphatic carbocycles. The third-order valence-electron chi connectivity index (χ3n) is 2.78. The standard InChI is InChI=1S/C13H14N6O3S2/c20-6-9(21)7-23-13-19-16-10(22-13)5-15-12-18-17-11(24-12)8-2-1-3-14-4-8/h1-4,9,20-21H,5-7H2,(H,15,18). The van der Waals surface area contributed by atoms with E-state index in [1.165, 1.54) is 23.1 Å². The second kappa shape index (κ2) is 8.15. The van der Waals surface area contributed by atoms with Crippen molar-refractivity contribution in [3.8, 4) is 10.6 Å². The topological polar surface area (TPSA) is 130 Å². The van der Waals surface area contributed by atoms with E-state index in [1.807, 2.05) is 12.1 Å². The summed E-state index contributed by atoms with van der Waals surface area (Å²) in [6, 6.07) is 3.76. The van der Waals surface area contributed by atoms with Crippen LogP contribution in [0.1, 0.15) is 5.89 Å². The first-order chi connectivity index (χ1) is 11.7. The van der Waals surface area contributed by atoms with Crippen molar-refractivity contribution in [2.75, 3.05) is 17.7 Å². The number of nitrogens with zero attached hydrogens (tertiary/aromatic N) is 5. The molecule has 126 valence electrons. The maximum Gasteiger partial charge on any atom is 0.276 e. The molecule has 0 amide bonds. The average molecular weight is 366 g/mol. The van der Waals surface area contributed by atoms with E-state index in [2.05, 4.69) is 30.7 Å². The van der Waals surface area contributed by atoms with E-state index in [4.69, 9.17) is 9.52 Å². The Bertz CT molecular complexity index is 766. The third-order valence-corrected chi connectivity index (χ3v) is 4.68. The van der Waals surface area contributed by atoms with Crippen LogP contribution in [-0.4, -0.2) is 54.1 Å². The van der Waals surface area contributed by atoms with Crippen molar-refractivity contribution in [3.63, 3.8) is 0 Å². The van der Waals surface area contributed by atoms with Gasteiger partial charge in [-0.3, -0.25) is 4.98 Å². The van der Waals surface area contributed by atoms with Crippen molar-refractivity contribution in [1.82, 2.24) is 25.4 Å². The lowest BCUT2D eigenvalue weighted by atomic mass is 10.3. The van der Waals surface area contributed by atoms with Gasteiger partial charge in [0.15, 0.2) is 5.01 Å². The Kier molecular flexibility index (Phi) is 5.69. The molecule has 0 fully saturated rings. The second-order valence-electron chi connectivity index (χ2n) is 4.62. The summed E-state index contributed by atoms with van der Waals surface area (Å²) in [7, 11) is 0. The number of hydrogen-bond acceptors (Lipinski definition) is 11. The Morgan fingerprint density at radius 3 is 3.00 bits per heavy atom. The molecule has 0 aliphatic heterocycles. The third kappa shape index (κ3) is 4.47.